The highest BCUT2D eigenvalue weighted by atomic mass is 19.1. The van der Waals surface area contributed by atoms with Gasteiger partial charge in [-0.15, -0.1) is 0 Å². The average Bonchev–Trinajstić information content (AvgIpc) is 3.24. The molecule has 0 spiro atoms. The molecule has 0 aromatic carbocycles. The Hall–Kier alpha value is -2.99. The number of nitriles is 1. The van der Waals surface area contributed by atoms with Crippen LogP contribution in [0.2, 0.25) is 0 Å². The number of allylic oxidation sites excluding steroid dienone is 6. The number of methoxy groups -OCH3 is 1. The third-order valence-corrected chi connectivity index (χ3v) is 6.04. The Labute approximate surface area is 207 Å². The summed E-state index contributed by atoms with van der Waals surface area (Å²) >= 11 is 0. The summed E-state index contributed by atoms with van der Waals surface area (Å²) in [6, 6.07) is 2.08. The van der Waals surface area contributed by atoms with Crippen LogP contribution in [0.5, 0.6) is 0 Å². The summed E-state index contributed by atoms with van der Waals surface area (Å²) in [6.07, 6.45) is 6.77. The molecule has 0 radical (unpaired) electrons. The van der Waals surface area contributed by atoms with Crippen LogP contribution < -0.4 is 5.32 Å². The number of halogens is 2. The molecule has 1 aliphatic carbocycles. The molecule has 0 aromatic rings. The number of nitrogens with zero attached hydrogens (tertiary/aromatic N) is 2. The number of likely N-dealkylation sites (N-methyl/N-ethyl adjacent to an activating group) is 1. The van der Waals surface area contributed by atoms with Gasteiger partial charge in [0.1, 0.15) is 24.3 Å². The molecule has 1 N–H and O–H groups in total. The second-order valence-corrected chi connectivity index (χ2v) is 8.35. The summed E-state index contributed by atoms with van der Waals surface area (Å²) in [7, 11) is 2.01. The zero-order valence-electron chi connectivity index (χ0n) is 21.3. The molecule has 2 unspecified atom stereocenters. The van der Waals surface area contributed by atoms with Crippen molar-refractivity contribution in [3.8, 4) is 6.07 Å². The molecule has 7 nitrogen and oxygen atoms in total. The maximum absolute atomic E-state index is 14.7. The summed E-state index contributed by atoms with van der Waals surface area (Å²) < 4.78 is 34.2. The number of ether oxygens (including phenoxy) is 2. The van der Waals surface area contributed by atoms with E-state index in [2.05, 4.69) is 16.3 Å². The lowest BCUT2D eigenvalue weighted by molar-refractivity contribution is -0.135. The van der Waals surface area contributed by atoms with Gasteiger partial charge in [0.2, 0.25) is 5.91 Å². The van der Waals surface area contributed by atoms with Crippen LogP contribution in [0.25, 0.3) is 0 Å². The van der Waals surface area contributed by atoms with E-state index >= 15 is 0 Å². The number of fused-ring (bicyclic) bond motifs is 1. The van der Waals surface area contributed by atoms with Gasteiger partial charge in [-0.05, 0) is 44.8 Å². The van der Waals surface area contributed by atoms with E-state index in [1.54, 1.807) is 19.1 Å². The molecule has 0 aromatic heterocycles. The second kappa shape index (κ2) is 15.8. The van der Waals surface area contributed by atoms with Crippen molar-refractivity contribution in [1.29, 1.82) is 5.26 Å². The number of carbonyl (C=O) groups excluding carboxylic acids is 2. The molecule has 2 atom stereocenters. The van der Waals surface area contributed by atoms with E-state index in [1.165, 1.54) is 7.11 Å². The number of esters is 1. The normalized spacial score (nSPS) is 18.7. The Balaban J connectivity index is 0.00000298. The first-order valence-corrected chi connectivity index (χ1v) is 11.8. The van der Waals surface area contributed by atoms with Crippen LogP contribution in [0.3, 0.4) is 0 Å². The third-order valence-electron chi connectivity index (χ3n) is 6.04. The summed E-state index contributed by atoms with van der Waals surface area (Å²) in [5, 5.41) is 12.1. The first-order valence-electron chi connectivity index (χ1n) is 11.8. The van der Waals surface area contributed by atoms with Gasteiger partial charge in [0.05, 0.1) is 25.4 Å². The number of hydrogen-bond acceptors (Lipinski definition) is 6. The van der Waals surface area contributed by atoms with Crippen molar-refractivity contribution in [3.63, 3.8) is 0 Å². The average molecular weight is 494 g/mol. The second-order valence-electron chi connectivity index (χ2n) is 8.35. The Morgan fingerprint density at radius 2 is 2.14 bits per heavy atom. The summed E-state index contributed by atoms with van der Waals surface area (Å²) in [5.41, 5.74) is 1.23. The van der Waals surface area contributed by atoms with Gasteiger partial charge in [-0.3, -0.25) is 9.18 Å². The molecule has 2 rings (SSSR count). The van der Waals surface area contributed by atoms with Crippen molar-refractivity contribution in [3.05, 3.63) is 46.5 Å². The molecular formula is C26H37F2N3O4. The van der Waals surface area contributed by atoms with Crippen LogP contribution in [0.4, 0.5) is 8.78 Å². The molecule has 1 aliphatic heterocycles. The van der Waals surface area contributed by atoms with Crippen molar-refractivity contribution >= 4 is 11.9 Å². The fourth-order valence-corrected chi connectivity index (χ4v) is 3.83. The molecule has 35 heavy (non-hydrogen) atoms. The maximum Gasteiger partial charge on any atom is 0.338 e. The van der Waals surface area contributed by atoms with Gasteiger partial charge in [-0.25, -0.2) is 9.18 Å². The molecule has 0 saturated carbocycles. The Kier molecular flexibility index (Phi) is 13.6. The first-order chi connectivity index (χ1) is 16.8. The highest BCUT2D eigenvalue weighted by Crippen LogP contribution is 2.36. The van der Waals surface area contributed by atoms with Gasteiger partial charge < -0.3 is 19.7 Å². The van der Waals surface area contributed by atoms with Gasteiger partial charge >= 0.3 is 5.97 Å². The van der Waals surface area contributed by atoms with Gasteiger partial charge in [0.25, 0.3) is 0 Å². The number of cyclic esters (lactones) is 1. The molecule has 2 aliphatic rings. The number of alkyl halides is 1. The fourth-order valence-electron chi connectivity index (χ4n) is 3.83. The van der Waals surface area contributed by atoms with Crippen molar-refractivity contribution in [2.24, 2.45) is 11.8 Å². The van der Waals surface area contributed by atoms with Crippen molar-refractivity contribution in [2.45, 2.75) is 40.0 Å². The zero-order chi connectivity index (χ0) is 26.4. The van der Waals surface area contributed by atoms with Gasteiger partial charge in [-0.1, -0.05) is 26.0 Å². The minimum Gasteiger partial charge on any atom is -0.500 e. The van der Waals surface area contributed by atoms with Crippen LogP contribution in [0, 0.1) is 23.2 Å². The molecule has 1 fully saturated rings. The molecule has 0 bridgehead atoms. The van der Waals surface area contributed by atoms with E-state index in [1.807, 2.05) is 19.9 Å². The van der Waals surface area contributed by atoms with Crippen LogP contribution in [-0.4, -0.2) is 63.8 Å². The van der Waals surface area contributed by atoms with Gasteiger partial charge in [0.15, 0.2) is 0 Å². The standard InChI is InChI=1S/C25H34FN3O4.CH3F/c1-5-29(12-10-19-8-9-21-22(24(19)26)16-33-25(21)31)13-11-28-23(30)14-17(2)6-7-20(15-27)18(3)32-4;1-2/h6-7,9,17,19H,5,8,10-14,16H2,1-4H3,(H,28,30);1H3/b7-6-,20-18-;. The monoisotopic (exact) mass is 493 g/mol. The van der Waals surface area contributed by atoms with E-state index in [-0.39, 0.29) is 30.2 Å². The van der Waals surface area contributed by atoms with Gasteiger partial charge in [0, 0.05) is 31.0 Å². The summed E-state index contributed by atoms with van der Waals surface area (Å²) in [6.45, 7) is 8.39. The number of carbonyl (C=O) groups is 2. The lowest BCUT2D eigenvalue weighted by atomic mass is 9.88. The lowest BCUT2D eigenvalue weighted by Crippen LogP contribution is -2.36. The molecule has 1 heterocycles. The minimum atomic E-state index is -0.429. The predicted octanol–water partition coefficient (Wildman–Crippen LogP) is 4.15. The number of amides is 1. The van der Waals surface area contributed by atoms with Gasteiger partial charge in [-0.2, -0.15) is 5.26 Å². The highest BCUT2D eigenvalue weighted by molar-refractivity contribution is 5.96. The largest absolute Gasteiger partial charge is 0.500 e. The smallest absolute Gasteiger partial charge is 0.338 e. The Morgan fingerprint density at radius 3 is 2.77 bits per heavy atom. The molecule has 1 amide bonds. The minimum absolute atomic E-state index is 0.0213. The molecule has 194 valence electrons. The fraction of sp³-hybridized carbons (Fsp3) is 0.577. The quantitative estimate of drug-likeness (QED) is 0.190. The van der Waals surface area contributed by atoms with Crippen molar-refractivity contribution < 1.29 is 27.8 Å². The lowest BCUT2D eigenvalue weighted by Gasteiger charge is -2.25. The molecular weight excluding hydrogens is 456 g/mol. The first kappa shape index (κ1) is 30.0. The predicted molar refractivity (Wildman–Crippen MR) is 130 cm³/mol. The van der Waals surface area contributed by atoms with Crippen LogP contribution in [-0.2, 0) is 19.1 Å². The van der Waals surface area contributed by atoms with E-state index in [0.717, 1.165) is 6.54 Å². The Morgan fingerprint density at radius 1 is 1.43 bits per heavy atom. The molecule has 1 saturated heterocycles. The van der Waals surface area contributed by atoms with Crippen molar-refractivity contribution in [1.82, 2.24) is 10.2 Å². The van der Waals surface area contributed by atoms with Crippen LogP contribution in [0.1, 0.15) is 40.0 Å². The van der Waals surface area contributed by atoms with E-state index in [4.69, 9.17) is 14.7 Å². The summed E-state index contributed by atoms with van der Waals surface area (Å²) in [4.78, 5) is 26.0. The SMILES string of the molecule is CCN(CCNC(=O)CC(C)/C=C\C(C#N)=C(/C)OC)CCC1CC=C2C(=O)OCC2=C1F.CF. The van der Waals surface area contributed by atoms with Crippen molar-refractivity contribution in [2.75, 3.05) is 47.1 Å². The number of nitrogens with one attached hydrogen (secondary N) is 1. The highest BCUT2D eigenvalue weighted by Gasteiger charge is 2.34. The van der Waals surface area contributed by atoms with E-state index in [9.17, 15) is 18.4 Å². The zero-order valence-corrected chi connectivity index (χ0v) is 21.3. The number of hydrogen-bond donors (Lipinski definition) is 1. The van der Waals surface area contributed by atoms with E-state index in [0.29, 0.717) is 68.6 Å². The van der Waals surface area contributed by atoms with Crippen LogP contribution in [0.15, 0.2) is 46.5 Å². The maximum atomic E-state index is 14.7. The van der Waals surface area contributed by atoms with E-state index < -0.39 is 5.97 Å². The Bertz CT molecular complexity index is 903. The topological polar surface area (TPSA) is 91.7 Å². The third kappa shape index (κ3) is 9.29. The number of rotatable bonds is 12. The van der Waals surface area contributed by atoms with Crippen LogP contribution >= 0.6 is 0 Å². The summed E-state index contributed by atoms with van der Waals surface area (Å²) in [5.74, 6) is -0.423. The molecule has 9 heteroatoms.